The number of hydrogen-bond donors (Lipinski definition) is 8. The molecule has 0 aliphatic rings. The number of rotatable bonds is 29. The van der Waals surface area contributed by atoms with Crippen molar-refractivity contribution >= 4 is 102 Å². The van der Waals surface area contributed by atoms with Gasteiger partial charge in [0.15, 0.2) is 0 Å². The number of unbranched alkanes of at least 4 members (excludes halogenated alkanes) is 2. The van der Waals surface area contributed by atoms with E-state index in [1.807, 2.05) is 36.4 Å². The summed E-state index contributed by atoms with van der Waals surface area (Å²) in [5.74, 6) is -4.76. The van der Waals surface area contributed by atoms with E-state index >= 15 is 0 Å². The van der Waals surface area contributed by atoms with Gasteiger partial charge in [-0.05, 0) is 73.9 Å². The number of pyridine rings is 2. The predicted molar refractivity (Wildman–Crippen MR) is 271 cm³/mol. The number of nitrogens with one attached hydrogen (secondary N) is 6. The molecule has 4 rings (SSSR count). The molecule has 2 aromatic heterocycles. The minimum absolute atomic E-state index is 0.148. The van der Waals surface area contributed by atoms with E-state index in [4.69, 9.17) is 21.4 Å². The summed E-state index contributed by atoms with van der Waals surface area (Å²) in [6.07, 6.45) is 5.67. The number of primary amides is 2. The lowest BCUT2D eigenvalue weighted by molar-refractivity contribution is -0.133. The number of aromatic nitrogens is 2. The van der Waals surface area contributed by atoms with Gasteiger partial charge in [-0.1, -0.05) is 45.9 Å². The van der Waals surface area contributed by atoms with Crippen molar-refractivity contribution in [1.82, 2.24) is 51.7 Å². The number of nitrogens with two attached hydrogens (primary N) is 2. The van der Waals surface area contributed by atoms with Gasteiger partial charge in [0.2, 0.25) is 59.1 Å². The fourth-order valence-electron chi connectivity index (χ4n) is 7.38. The lowest BCUT2D eigenvalue weighted by Gasteiger charge is -2.25. The molecule has 22 nitrogen and oxygen atoms in total. The number of amides is 10. The maximum absolute atomic E-state index is 13.7. The first kappa shape index (κ1) is 57.2. The largest absolute Gasteiger partial charge is 0.368 e. The zero-order valence-electron chi connectivity index (χ0n) is 40.7. The van der Waals surface area contributed by atoms with Crippen LogP contribution in [-0.2, 0) is 61.0 Å². The third-order valence-electron chi connectivity index (χ3n) is 10.9. The SMILES string of the molecule is CC(=O)NCC(=O)NCC(=O)N(CCCC[C@H](NC(C)=O)C(N)=O)Cc1ccc(SSc2ccc(CN(CCCC[C@H](NC(C)=O)C(N)=O)C(=O)CNC(=O)CNC(C)=O)c3cccnc23)c2ncccc12. The van der Waals surface area contributed by atoms with Crippen LogP contribution in [0.25, 0.3) is 21.8 Å². The van der Waals surface area contributed by atoms with E-state index in [9.17, 15) is 47.9 Å². The lowest BCUT2D eigenvalue weighted by atomic mass is 10.1. The summed E-state index contributed by atoms with van der Waals surface area (Å²) < 4.78 is 0. The normalized spacial score (nSPS) is 11.7. The molecule has 2 atom stereocenters. The highest BCUT2D eigenvalue weighted by Gasteiger charge is 2.22. The fourth-order valence-corrected chi connectivity index (χ4v) is 9.63. The molecule has 0 unspecified atom stereocenters. The summed E-state index contributed by atoms with van der Waals surface area (Å²) in [5.41, 5.74) is 13.9. The summed E-state index contributed by atoms with van der Waals surface area (Å²) in [4.78, 5) is 136. The van der Waals surface area contributed by atoms with Gasteiger partial charge in [0.1, 0.15) is 12.1 Å². The topological polar surface area (TPSA) is 327 Å². The Morgan fingerprint density at radius 1 is 0.514 bits per heavy atom. The van der Waals surface area contributed by atoms with Crippen molar-refractivity contribution < 1.29 is 47.9 Å². The van der Waals surface area contributed by atoms with Crippen molar-refractivity contribution in [2.75, 3.05) is 39.3 Å². The van der Waals surface area contributed by atoms with Crippen molar-refractivity contribution in [2.45, 2.75) is 101 Å². The second kappa shape index (κ2) is 29.1. The molecular weight excluding hydrogens is 969 g/mol. The van der Waals surface area contributed by atoms with E-state index < -0.39 is 59.3 Å². The van der Waals surface area contributed by atoms with Crippen LogP contribution in [0.3, 0.4) is 0 Å². The highest BCUT2D eigenvalue weighted by molar-refractivity contribution is 8.76. The third-order valence-corrected chi connectivity index (χ3v) is 13.4. The monoisotopic (exact) mass is 1030 g/mol. The minimum Gasteiger partial charge on any atom is -0.368 e. The molecule has 2 aromatic carbocycles. The van der Waals surface area contributed by atoms with Crippen LogP contribution >= 0.6 is 21.6 Å². The molecule has 0 aliphatic heterocycles. The Morgan fingerprint density at radius 3 is 1.25 bits per heavy atom. The molecular formula is C48H62N12O10S2. The zero-order chi connectivity index (χ0) is 52.7. The Hall–Kier alpha value is -7.34. The fraction of sp³-hybridized carbons (Fsp3) is 0.417. The van der Waals surface area contributed by atoms with Crippen molar-refractivity contribution in [3.63, 3.8) is 0 Å². The number of hydrogen-bond acceptors (Lipinski definition) is 14. The molecule has 10 amide bonds. The van der Waals surface area contributed by atoms with Crippen LogP contribution in [0.2, 0.25) is 0 Å². The molecule has 0 saturated carbocycles. The van der Waals surface area contributed by atoms with Gasteiger partial charge in [-0.25, -0.2) is 0 Å². The van der Waals surface area contributed by atoms with Gasteiger partial charge in [-0.2, -0.15) is 0 Å². The average Bonchev–Trinajstić information content (AvgIpc) is 3.34. The number of carbonyl (C=O) groups excluding carboxylic acids is 10. The second-order valence-electron chi connectivity index (χ2n) is 16.7. The minimum atomic E-state index is -0.864. The molecule has 0 radical (unpaired) electrons. The highest BCUT2D eigenvalue weighted by Crippen LogP contribution is 2.43. The van der Waals surface area contributed by atoms with E-state index in [2.05, 4.69) is 31.9 Å². The third kappa shape index (κ3) is 19.1. The highest BCUT2D eigenvalue weighted by atomic mass is 33.1. The number of fused-ring (bicyclic) bond motifs is 2. The Kier molecular flexibility index (Phi) is 23.1. The molecule has 0 bridgehead atoms. The van der Waals surface area contributed by atoms with Crippen LogP contribution in [0.5, 0.6) is 0 Å². The quantitative estimate of drug-likeness (QED) is 0.0279. The van der Waals surface area contributed by atoms with Crippen LogP contribution in [-0.4, -0.2) is 130 Å². The van der Waals surface area contributed by atoms with Crippen LogP contribution in [0, 0.1) is 0 Å². The van der Waals surface area contributed by atoms with Crippen LogP contribution in [0.1, 0.15) is 77.3 Å². The van der Waals surface area contributed by atoms with E-state index in [0.717, 1.165) is 31.7 Å². The molecule has 0 spiro atoms. The van der Waals surface area contributed by atoms with Crippen molar-refractivity contribution in [1.29, 1.82) is 0 Å². The molecule has 0 aliphatic carbocycles. The maximum atomic E-state index is 13.7. The van der Waals surface area contributed by atoms with Crippen molar-refractivity contribution in [3.8, 4) is 0 Å². The first-order valence-corrected chi connectivity index (χ1v) is 25.3. The molecule has 0 fully saturated rings. The van der Waals surface area contributed by atoms with Gasteiger partial charge in [-0.15, -0.1) is 0 Å². The van der Waals surface area contributed by atoms with Gasteiger partial charge >= 0.3 is 0 Å². The maximum Gasteiger partial charge on any atom is 0.242 e. The standard InChI is InChI=1S/C48H62N12O10S2/c1-29(61)53-23-41(65)55-25-43(67)59(21-7-5-13-37(47(49)69)57-31(3)63)27-33-15-17-39(45-35(33)11-9-19-51-45)71-72-40-18-16-34(36-12-10-20-52-46(36)40)28-60(44(68)26-56-42(66)24-54-30(2)62)22-8-6-14-38(48(50)70)58-32(4)64/h9-12,15-20,37-38H,5-8,13-14,21-28H2,1-4H3,(H2,49,69)(H2,50,70)(H,53,61)(H,54,62)(H,55,65)(H,56,66)(H,57,63)(H,58,64)/t37-,38-/m0/s1. The number of benzene rings is 2. The van der Waals surface area contributed by atoms with Gasteiger partial charge in [-0.3, -0.25) is 57.9 Å². The molecule has 4 aromatic rings. The molecule has 2 heterocycles. The van der Waals surface area contributed by atoms with Crippen LogP contribution < -0.4 is 43.4 Å². The van der Waals surface area contributed by atoms with Gasteiger partial charge in [0.25, 0.3) is 0 Å². The lowest BCUT2D eigenvalue weighted by Crippen LogP contribution is -2.44. The van der Waals surface area contributed by atoms with E-state index in [0.29, 0.717) is 36.7 Å². The predicted octanol–water partition coefficient (Wildman–Crippen LogP) is 1.06. The Labute approximate surface area is 424 Å². The zero-order valence-corrected chi connectivity index (χ0v) is 42.3. The van der Waals surface area contributed by atoms with Gasteiger partial charge in [0, 0.05) is 86.8 Å². The summed E-state index contributed by atoms with van der Waals surface area (Å²) >= 11 is 0. The van der Waals surface area contributed by atoms with E-state index in [1.54, 1.807) is 34.3 Å². The molecule has 0 saturated heterocycles. The Bertz CT molecular complexity index is 2460. The van der Waals surface area contributed by atoms with Gasteiger partial charge in [0.05, 0.1) is 37.2 Å². The molecule has 24 heteroatoms. The van der Waals surface area contributed by atoms with Gasteiger partial charge < -0.3 is 53.2 Å². The smallest absolute Gasteiger partial charge is 0.242 e. The first-order chi connectivity index (χ1) is 34.3. The average molecular weight is 1030 g/mol. The second-order valence-corrected chi connectivity index (χ2v) is 18.9. The summed E-state index contributed by atoms with van der Waals surface area (Å²) in [5, 5.41) is 16.6. The van der Waals surface area contributed by atoms with Crippen molar-refractivity contribution in [3.05, 3.63) is 72.1 Å². The molecule has 386 valence electrons. The van der Waals surface area contributed by atoms with Crippen molar-refractivity contribution in [2.24, 2.45) is 11.5 Å². The summed E-state index contributed by atoms with van der Waals surface area (Å²) in [6, 6.07) is 13.3. The Morgan fingerprint density at radius 2 is 0.903 bits per heavy atom. The molecule has 72 heavy (non-hydrogen) atoms. The van der Waals surface area contributed by atoms with Crippen LogP contribution in [0.4, 0.5) is 0 Å². The summed E-state index contributed by atoms with van der Waals surface area (Å²) in [7, 11) is 2.91. The van der Waals surface area contributed by atoms with E-state index in [1.165, 1.54) is 49.3 Å². The Balaban J connectivity index is 1.55. The van der Waals surface area contributed by atoms with Crippen LogP contribution in [0.15, 0.2) is 70.7 Å². The number of nitrogens with zero attached hydrogens (tertiary/aromatic N) is 4. The van der Waals surface area contributed by atoms with E-state index in [-0.39, 0.29) is 77.0 Å². The number of carbonyl (C=O) groups is 10. The summed E-state index contributed by atoms with van der Waals surface area (Å²) in [6.45, 7) is 4.68. The first-order valence-electron chi connectivity index (χ1n) is 23.1. The molecule has 10 N–H and O–H groups in total.